The molecule has 0 radical (unpaired) electrons. The van der Waals surface area contributed by atoms with Crippen LogP contribution in [-0.4, -0.2) is 74.0 Å². The first kappa shape index (κ1) is 46.6. The molecule has 0 aliphatic carbocycles. The van der Waals surface area contributed by atoms with Crippen molar-refractivity contribution >= 4 is 104 Å². The molecule has 0 fully saturated rings. The summed E-state index contributed by atoms with van der Waals surface area (Å²) >= 11 is 39.1. The van der Waals surface area contributed by atoms with Gasteiger partial charge < -0.3 is 5.11 Å². The van der Waals surface area contributed by atoms with Gasteiger partial charge in [-0.05, 0) is 96.8 Å². The lowest BCUT2D eigenvalue weighted by atomic mass is 9.98. The molecule has 2 aromatic rings. The van der Waals surface area contributed by atoms with Gasteiger partial charge in [-0.1, -0.05) is 0 Å². The molecule has 47 heavy (non-hydrogen) atoms. The van der Waals surface area contributed by atoms with E-state index < -0.39 is 33.9 Å². The number of benzene rings is 2. The second-order valence-electron chi connectivity index (χ2n) is 10.3. The first-order valence-electron chi connectivity index (χ1n) is 13.5. The number of hydrogen-bond donors (Lipinski definition) is 1. The summed E-state index contributed by atoms with van der Waals surface area (Å²) in [5.74, 6) is -2.07. The summed E-state index contributed by atoms with van der Waals surface area (Å²) in [6.45, 7) is 4.30. The van der Waals surface area contributed by atoms with Crippen molar-refractivity contribution in [2.24, 2.45) is 0 Å². The normalized spacial score (nSPS) is 13.2. The maximum Gasteiger partial charge on any atom is 0.364 e. The van der Waals surface area contributed by atoms with Crippen LogP contribution in [0.1, 0.15) is 38.8 Å². The third-order valence-corrected chi connectivity index (χ3v) is 11.6. The molecule has 1 N–H and O–H groups in total. The summed E-state index contributed by atoms with van der Waals surface area (Å²) in [6, 6.07) is 11.7. The number of alkyl halides is 4. The minimum Gasteiger partial charge on any atom is -0.386 e. The van der Waals surface area contributed by atoms with E-state index >= 15 is 0 Å². The van der Waals surface area contributed by atoms with Crippen molar-refractivity contribution in [1.29, 1.82) is 0 Å². The van der Waals surface area contributed by atoms with Crippen LogP contribution in [0, 0.1) is 20.2 Å². The molecule has 0 aromatic heterocycles. The first-order chi connectivity index (χ1) is 21.6. The van der Waals surface area contributed by atoms with Crippen LogP contribution in [0.3, 0.4) is 0 Å². The van der Waals surface area contributed by atoms with Crippen molar-refractivity contribution in [3.05, 3.63) is 79.9 Å². The minimum absolute atomic E-state index is 0.0352. The number of rotatable bonds is 16. The largest absolute Gasteiger partial charge is 0.386 e. The second-order valence-corrected chi connectivity index (χ2v) is 19.5. The average Bonchev–Trinajstić information content (AvgIpc) is 2.96. The van der Waals surface area contributed by atoms with Gasteiger partial charge in [-0.25, -0.2) is 9.34 Å². The zero-order valence-electron chi connectivity index (χ0n) is 25.9. The molecule has 1 unspecified atom stereocenters. The van der Waals surface area contributed by atoms with Crippen molar-refractivity contribution in [3.63, 3.8) is 0 Å². The van der Waals surface area contributed by atoms with Crippen molar-refractivity contribution in [3.8, 4) is 0 Å². The van der Waals surface area contributed by atoms with Crippen LogP contribution in [-0.2, 0) is 24.9 Å². The van der Waals surface area contributed by atoms with E-state index in [1.165, 1.54) is 33.6 Å². The fourth-order valence-corrected chi connectivity index (χ4v) is 8.75. The van der Waals surface area contributed by atoms with Crippen molar-refractivity contribution in [1.82, 2.24) is 9.34 Å². The van der Waals surface area contributed by atoms with Crippen LogP contribution in [0.15, 0.2) is 48.5 Å². The third kappa shape index (κ3) is 17.9. The van der Waals surface area contributed by atoms with Gasteiger partial charge in [0.25, 0.3) is 11.4 Å². The standard InChI is InChI=1S/C13H18Cl3N2O4P.C9H11NO3.C4H8Cl4NOP/c1-13(2,11-3-5-12(6-4-11)18(19)20)22-23(16,21)17(9-7-14)10-8-15;1-9(2,11)7-3-5-8(6-4-7)10(12)13;5-1-3-9(4-2-6)11(7,8)10/h3-6H,7-10H2,1-2H3;3-6,11H,1-2H3;1-4H2. The van der Waals surface area contributed by atoms with E-state index in [1.54, 1.807) is 52.0 Å². The van der Waals surface area contributed by atoms with Gasteiger partial charge in [0.15, 0.2) is 0 Å². The Bertz CT molecular complexity index is 1340. The Hall–Kier alpha value is -0.430. The fourth-order valence-electron chi connectivity index (χ4n) is 3.45. The van der Waals surface area contributed by atoms with Gasteiger partial charge in [0.05, 0.1) is 21.0 Å². The average molecular weight is 844 g/mol. The van der Waals surface area contributed by atoms with Crippen molar-refractivity contribution in [2.75, 3.05) is 49.7 Å². The van der Waals surface area contributed by atoms with E-state index in [9.17, 15) is 34.5 Å². The molecule has 1 atom stereocenters. The lowest BCUT2D eigenvalue weighted by Gasteiger charge is -2.33. The van der Waals surface area contributed by atoms with Gasteiger partial charge in [-0.3, -0.25) is 33.9 Å². The lowest BCUT2D eigenvalue weighted by molar-refractivity contribution is -0.385. The Morgan fingerprint density at radius 2 is 1.00 bits per heavy atom. The Kier molecular flexibility index (Phi) is 21.5. The van der Waals surface area contributed by atoms with Gasteiger partial charge in [0.2, 0.25) is 0 Å². The molecule has 0 heterocycles. The number of nitrogens with zero attached hydrogens (tertiary/aromatic N) is 4. The van der Waals surface area contributed by atoms with E-state index in [0.717, 1.165) is 0 Å². The molecule has 0 amide bonds. The predicted octanol–water partition coefficient (Wildman–Crippen LogP) is 10.1. The second kappa shape index (κ2) is 21.7. The van der Waals surface area contributed by atoms with Crippen LogP contribution >= 0.6 is 93.0 Å². The number of hydrogen-bond acceptors (Lipinski definition) is 8. The van der Waals surface area contributed by atoms with Gasteiger partial charge in [0, 0.05) is 74.0 Å². The summed E-state index contributed by atoms with van der Waals surface area (Å²) in [4.78, 5) is 20.0. The Labute approximate surface area is 309 Å². The zero-order chi connectivity index (χ0) is 36.6. The number of nitro groups is 2. The molecule has 0 aliphatic heterocycles. The lowest BCUT2D eigenvalue weighted by Crippen LogP contribution is -2.28. The molecule has 2 aromatic carbocycles. The SMILES string of the molecule is CC(C)(O)c1ccc([N+](=O)[O-])cc1.CC(C)(OP(=O)(Cl)N(CCCl)CCCl)c1ccc([N+](=O)[O-])cc1.O=P(Cl)(Cl)N(CCCl)CCCl. The number of halogens is 7. The smallest absolute Gasteiger partial charge is 0.364 e. The van der Waals surface area contributed by atoms with E-state index in [-0.39, 0.29) is 36.2 Å². The molecule has 21 heteroatoms. The number of nitro benzene ring substituents is 2. The quantitative estimate of drug-likeness (QED) is 0.0747. The molecule has 0 aliphatic rings. The zero-order valence-corrected chi connectivity index (χ0v) is 33.0. The van der Waals surface area contributed by atoms with Crippen LogP contribution in [0.25, 0.3) is 0 Å². The van der Waals surface area contributed by atoms with Gasteiger partial charge >= 0.3 is 12.9 Å². The molecule has 2 rings (SSSR count). The van der Waals surface area contributed by atoms with Crippen molar-refractivity contribution < 1.29 is 28.6 Å². The highest BCUT2D eigenvalue weighted by atomic mass is 35.9. The molecule has 0 spiro atoms. The third-order valence-electron chi connectivity index (χ3n) is 5.94. The summed E-state index contributed by atoms with van der Waals surface area (Å²) < 4.78 is 32.2. The molecular weight excluding hydrogens is 806 g/mol. The number of non-ortho nitro benzene ring substituents is 2. The van der Waals surface area contributed by atoms with Gasteiger partial charge in [-0.2, -0.15) is 0 Å². The van der Waals surface area contributed by atoms with Crippen LogP contribution in [0.2, 0.25) is 0 Å². The summed E-state index contributed by atoms with van der Waals surface area (Å²) in [6.07, 6.45) is 0. The highest BCUT2D eigenvalue weighted by Gasteiger charge is 2.37. The molecular formula is C26H37Cl7N4O8P2. The Morgan fingerprint density at radius 1 is 0.681 bits per heavy atom. The fraction of sp³-hybridized carbons (Fsp3) is 0.538. The highest BCUT2D eigenvalue weighted by Crippen LogP contribution is 2.60. The maximum atomic E-state index is 12.7. The Balaban J connectivity index is 0.000000744. The van der Waals surface area contributed by atoms with E-state index in [4.69, 9.17) is 84.6 Å². The first-order valence-corrected chi connectivity index (χ1v) is 21.6. The van der Waals surface area contributed by atoms with Crippen LogP contribution in [0.5, 0.6) is 0 Å². The topological polar surface area (TPSA) is 156 Å². The number of aliphatic hydroxyl groups is 1. The minimum atomic E-state index is -3.65. The van der Waals surface area contributed by atoms with E-state index in [1.807, 2.05) is 0 Å². The summed E-state index contributed by atoms with van der Waals surface area (Å²) in [5.41, 5.74) is -0.686. The Morgan fingerprint density at radius 3 is 1.28 bits per heavy atom. The monoisotopic (exact) mass is 840 g/mol. The molecule has 268 valence electrons. The van der Waals surface area contributed by atoms with Crippen LogP contribution < -0.4 is 0 Å². The van der Waals surface area contributed by atoms with Gasteiger partial charge in [-0.15, -0.1) is 46.4 Å². The van der Waals surface area contributed by atoms with Crippen LogP contribution in [0.4, 0.5) is 11.4 Å². The predicted molar refractivity (Wildman–Crippen MR) is 194 cm³/mol. The maximum absolute atomic E-state index is 12.7. The van der Waals surface area contributed by atoms with Gasteiger partial charge in [0.1, 0.15) is 0 Å². The van der Waals surface area contributed by atoms with E-state index in [0.29, 0.717) is 36.0 Å². The summed E-state index contributed by atoms with van der Waals surface area (Å²) in [7, 11) is 0. The molecule has 0 bridgehead atoms. The molecule has 0 saturated heterocycles. The molecule has 0 saturated carbocycles. The van der Waals surface area contributed by atoms with E-state index in [2.05, 4.69) is 0 Å². The van der Waals surface area contributed by atoms with Crippen molar-refractivity contribution in [2.45, 2.75) is 38.9 Å². The summed E-state index contributed by atoms with van der Waals surface area (Å²) in [5, 5.41) is 30.6. The highest BCUT2D eigenvalue weighted by molar-refractivity contribution is 8.06. The molecule has 12 nitrogen and oxygen atoms in total.